The SMILES string of the molecule is Nc1cccc(C(=O)NCCCN2CCCCC2)c1N. The number of likely N-dealkylation sites (tertiary alicyclic amines) is 1. The zero-order chi connectivity index (χ0) is 14.4. The van der Waals surface area contributed by atoms with Crippen molar-refractivity contribution in [3.05, 3.63) is 23.8 Å². The van der Waals surface area contributed by atoms with Crippen LogP contribution in [0.4, 0.5) is 11.4 Å². The van der Waals surface area contributed by atoms with Crippen molar-refractivity contribution in [3.63, 3.8) is 0 Å². The zero-order valence-corrected chi connectivity index (χ0v) is 11.9. The van der Waals surface area contributed by atoms with Gasteiger partial charge in [-0.1, -0.05) is 12.5 Å². The van der Waals surface area contributed by atoms with Crippen LogP contribution in [-0.4, -0.2) is 37.0 Å². The molecule has 0 saturated carbocycles. The normalized spacial score (nSPS) is 16.0. The predicted molar refractivity (Wildman–Crippen MR) is 82.5 cm³/mol. The van der Waals surface area contributed by atoms with Gasteiger partial charge in [0.1, 0.15) is 0 Å². The highest BCUT2D eigenvalue weighted by Crippen LogP contribution is 2.19. The maximum atomic E-state index is 12.0. The lowest BCUT2D eigenvalue weighted by atomic mass is 10.1. The Morgan fingerprint density at radius 1 is 1.20 bits per heavy atom. The molecule has 1 aliphatic heterocycles. The van der Waals surface area contributed by atoms with Crippen LogP contribution in [-0.2, 0) is 0 Å². The molecule has 2 rings (SSSR count). The third-order valence-electron chi connectivity index (χ3n) is 3.77. The van der Waals surface area contributed by atoms with E-state index in [4.69, 9.17) is 11.5 Å². The van der Waals surface area contributed by atoms with Crippen molar-refractivity contribution in [3.8, 4) is 0 Å². The fourth-order valence-corrected chi connectivity index (χ4v) is 2.56. The highest BCUT2D eigenvalue weighted by atomic mass is 16.1. The van der Waals surface area contributed by atoms with Gasteiger partial charge in [-0.3, -0.25) is 4.79 Å². The number of hydrogen-bond acceptors (Lipinski definition) is 4. The van der Waals surface area contributed by atoms with Crippen molar-refractivity contribution in [2.24, 2.45) is 0 Å². The Kier molecular flexibility index (Phi) is 5.24. The van der Waals surface area contributed by atoms with E-state index in [1.54, 1.807) is 18.2 Å². The van der Waals surface area contributed by atoms with Crippen molar-refractivity contribution < 1.29 is 4.79 Å². The largest absolute Gasteiger partial charge is 0.397 e. The summed E-state index contributed by atoms with van der Waals surface area (Å²) < 4.78 is 0. The predicted octanol–water partition coefficient (Wildman–Crippen LogP) is 1.46. The van der Waals surface area contributed by atoms with Crippen molar-refractivity contribution in [1.82, 2.24) is 10.2 Å². The molecule has 0 spiro atoms. The third kappa shape index (κ3) is 3.87. The number of nitrogens with one attached hydrogen (secondary N) is 1. The summed E-state index contributed by atoms with van der Waals surface area (Å²) in [4.78, 5) is 14.5. The quantitative estimate of drug-likeness (QED) is 0.561. The molecule has 0 bridgehead atoms. The van der Waals surface area contributed by atoms with Gasteiger partial charge >= 0.3 is 0 Å². The molecule has 5 nitrogen and oxygen atoms in total. The molecular weight excluding hydrogens is 252 g/mol. The highest BCUT2D eigenvalue weighted by Gasteiger charge is 2.12. The first-order valence-corrected chi connectivity index (χ1v) is 7.33. The first-order valence-electron chi connectivity index (χ1n) is 7.33. The summed E-state index contributed by atoms with van der Waals surface area (Å²) in [5.74, 6) is -0.145. The molecule has 5 N–H and O–H groups in total. The highest BCUT2D eigenvalue weighted by molar-refractivity contribution is 6.01. The Hall–Kier alpha value is -1.75. The average Bonchev–Trinajstić information content (AvgIpc) is 2.47. The molecule has 1 amide bonds. The number of piperidine rings is 1. The van der Waals surface area contributed by atoms with Crippen LogP contribution in [0.2, 0.25) is 0 Å². The molecule has 0 atom stereocenters. The summed E-state index contributed by atoms with van der Waals surface area (Å²) in [6.07, 6.45) is 4.91. The molecule has 0 radical (unpaired) electrons. The Balaban J connectivity index is 1.73. The summed E-state index contributed by atoms with van der Waals surface area (Å²) in [6.45, 7) is 4.10. The summed E-state index contributed by atoms with van der Waals surface area (Å²) in [7, 11) is 0. The molecule has 1 aliphatic rings. The number of carbonyl (C=O) groups excluding carboxylic acids is 1. The van der Waals surface area contributed by atoms with Gasteiger partial charge in [0, 0.05) is 6.54 Å². The lowest BCUT2D eigenvalue weighted by Gasteiger charge is -2.26. The Bertz CT molecular complexity index is 455. The van der Waals surface area contributed by atoms with Gasteiger partial charge in [-0.05, 0) is 51.0 Å². The fraction of sp³-hybridized carbons (Fsp3) is 0.533. The summed E-state index contributed by atoms with van der Waals surface area (Å²) in [5, 5.41) is 2.91. The van der Waals surface area contributed by atoms with Gasteiger partial charge in [0.25, 0.3) is 5.91 Å². The van der Waals surface area contributed by atoms with Gasteiger partial charge < -0.3 is 21.7 Å². The van der Waals surface area contributed by atoms with Crippen LogP contribution in [0.5, 0.6) is 0 Å². The van der Waals surface area contributed by atoms with Crippen molar-refractivity contribution >= 4 is 17.3 Å². The molecule has 20 heavy (non-hydrogen) atoms. The van der Waals surface area contributed by atoms with E-state index in [2.05, 4.69) is 10.2 Å². The maximum absolute atomic E-state index is 12.0. The average molecular weight is 276 g/mol. The lowest BCUT2D eigenvalue weighted by molar-refractivity contribution is 0.0952. The van der Waals surface area contributed by atoms with E-state index < -0.39 is 0 Å². The standard InChI is InChI=1S/C15H24N4O/c16-13-7-4-6-12(14(13)17)15(20)18-8-5-11-19-9-2-1-3-10-19/h4,6-7H,1-3,5,8-11,16-17H2,(H,18,20). The van der Waals surface area contributed by atoms with Gasteiger partial charge in [0.2, 0.25) is 0 Å². The second-order valence-corrected chi connectivity index (χ2v) is 5.32. The lowest BCUT2D eigenvalue weighted by Crippen LogP contribution is -2.33. The Labute approximate surface area is 120 Å². The van der Waals surface area contributed by atoms with Gasteiger partial charge in [-0.15, -0.1) is 0 Å². The molecule has 110 valence electrons. The first-order chi connectivity index (χ1) is 9.68. The van der Waals surface area contributed by atoms with Crippen molar-refractivity contribution in [1.29, 1.82) is 0 Å². The number of rotatable bonds is 5. The summed E-state index contributed by atoms with van der Waals surface area (Å²) in [6, 6.07) is 5.14. The number of amides is 1. The monoisotopic (exact) mass is 276 g/mol. The van der Waals surface area contributed by atoms with Gasteiger partial charge in [-0.25, -0.2) is 0 Å². The van der Waals surface area contributed by atoms with E-state index in [-0.39, 0.29) is 5.91 Å². The van der Waals surface area contributed by atoms with Crippen LogP contribution in [0.25, 0.3) is 0 Å². The second kappa shape index (κ2) is 7.14. The van der Waals surface area contributed by atoms with Crippen LogP contribution in [0.1, 0.15) is 36.0 Å². The fourth-order valence-electron chi connectivity index (χ4n) is 2.56. The van der Waals surface area contributed by atoms with E-state index >= 15 is 0 Å². The summed E-state index contributed by atoms with van der Waals surface area (Å²) in [5.41, 5.74) is 12.8. The van der Waals surface area contributed by atoms with Crippen LogP contribution in [0.15, 0.2) is 18.2 Å². The van der Waals surface area contributed by atoms with Crippen molar-refractivity contribution in [2.75, 3.05) is 37.6 Å². The van der Waals surface area contributed by atoms with E-state index in [1.165, 1.54) is 32.4 Å². The number of nitrogen functional groups attached to an aromatic ring is 2. The minimum absolute atomic E-state index is 0.145. The summed E-state index contributed by atoms with van der Waals surface area (Å²) >= 11 is 0. The van der Waals surface area contributed by atoms with Gasteiger partial charge in [-0.2, -0.15) is 0 Å². The zero-order valence-electron chi connectivity index (χ0n) is 11.9. The topological polar surface area (TPSA) is 84.4 Å². The molecule has 0 aromatic heterocycles. The Morgan fingerprint density at radius 2 is 1.95 bits per heavy atom. The van der Waals surface area contributed by atoms with Gasteiger partial charge in [0.15, 0.2) is 0 Å². The van der Waals surface area contributed by atoms with Crippen LogP contribution >= 0.6 is 0 Å². The molecule has 5 heteroatoms. The van der Waals surface area contributed by atoms with Crippen LogP contribution in [0.3, 0.4) is 0 Å². The van der Waals surface area contributed by atoms with E-state index in [0.717, 1.165) is 13.0 Å². The molecule has 1 aromatic carbocycles. The minimum Gasteiger partial charge on any atom is -0.397 e. The number of carbonyl (C=O) groups is 1. The molecule has 1 aromatic rings. The molecule has 1 heterocycles. The Morgan fingerprint density at radius 3 is 2.70 bits per heavy atom. The number of para-hydroxylation sites is 1. The maximum Gasteiger partial charge on any atom is 0.253 e. The molecule has 0 unspecified atom stereocenters. The van der Waals surface area contributed by atoms with Crippen LogP contribution in [0, 0.1) is 0 Å². The number of hydrogen-bond donors (Lipinski definition) is 3. The second-order valence-electron chi connectivity index (χ2n) is 5.32. The smallest absolute Gasteiger partial charge is 0.253 e. The van der Waals surface area contributed by atoms with Gasteiger partial charge in [0.05, 0.1) is 16.9 Å². The number of anilines is 2. The number of nitrogens with zero attached hydrogens (tertiary/aromatic N) is 1. The molecule has 1 saturated heterocycles. The third-order valence-corrected chi connectivity index (χ3v) is 3.77. The minimum atomic E-state index is -0.145. The van der Waals surface area contributed by atoms with E-state index in [0.29, 0.717) is 23.5 Å². The molecule has 0 aliphatic carbocycles. The van der Waals surface area contributed by atoms with E-state index in [9.17, 15) is 4.79 Å². The van der Waals surface area contributed by atoms with E-state index in [1.807, 2.05) is 0 Å². The molecule has 1 fully saturated rings. The van der Waals surface area contributed by atoms with Crippen molar-refractivity contribution in [2.45, 2.75) is 25.7 Å². The number of nitrogens with two attached hydrogens (primary N) is 2. The molecular formula is C15H24N4O. The first kappa shape index (κ1) is 14.7. The number of benzene rings is 1. The van der Waals surface area contributed by atoms with Crippen LogP contribution < -0.4 is 16.8 Å².